The zero-order valence-corrected chi connectivity index (χ0v) is 15.7. The number of furan rings is 1. The van der Waals surface area contributed by atoms with Crippen LogP contribution in [0.2, 0.25) is 0 Å². The molecule has 1 N–H and O–H groups in total. The van der Waals surface area contributed by atoms with Gasteiger partial charge < -0.3 is 14.6 Å². The minimum absolute atomic E-state index is 0.135. The minimum atomic E-state index is -0.184. The second-order valence-corrected chi connectivity index (χ2v) is 7.46. The number of hydrogen-bond acceptors (Lipinski definition) is 5. The van der Waals surface area contributed by atoms with Crippen LogP contribution < -0.4 is 10.2 Å². The Kier molecular flexibility index (Phi) is 4.77. The van der Waals surface area contributed by atoms with Gasteiger partial charge in [-0.25, -0.2) is 4.98 Å². The molecule has 1 aromatic carbocycles. The molecule has 3 aromatic rings. The third-order valence-corrected chi connectivity index (χ3v) is 5.24. The van der Waals surface area contributed by atoms with Crippen LogP contribution in [0.25, 0.3) is 11.5 Å². The first-order chi connectivity index (χ1) is 13.1. The molecule has 2 amide bonds. The van der Waals surface area contributed by atoms with E-state index < -0.39 is 0 Å². The second-order valence-electron chi connectivity index (χ2n) is 6.40. The topological polar surface area (TPSA) is 75.4 Å². The fourth-order valence-corrected chi connectivity index (χ4v) is 3.67. The van der Waals surface area contributed by atoms with E-state index in [9.17, 15) is 9.59 Å². The Hall–Kier alpha value is -2.93. The van der Waals surface area contributed by atoms with Crippen LogP contribution in [0.1, 0.15) is 34.0 Å². The number of aryl methyl sites for hydroxylation is 1. The summed E-state index contributed by atoms with van der Waals surface area (Å²) in [5.41, 5.74) is 2.19. The third kappa shape index (κ3) is 3.78. The van der Waals surface area contributed by atoms with Gasteiger partial charge in [0.15, 0.2) is 5.76 Å². The van der Waals surface area contributed by atoms with Gasteiger partial charge >= 0.3 is 0 Å². The molecule has 0 radical (unpaired) electrons. The van der Waals surface area contributed by atoms with Crippen LogP contribution in [0.4, 0.5) is 5.69 Å². The summed E-state index contributed by atoms with van der Waals surface area (Å²) in [5, 5.41) is 5.78. The number of nitrogens with one attached hydrogen (secondary N) is 1. The van der Waals surface area contributed by atoms with Gasteiger partial charge in [0.05, 0.1) is 11.6 Å². The standard InChI is InChI=1S/C20H19N3O3S/c1-13-22-17(12-27-13)18-9-8-16(26-18)11-21-20(25)14-4-6-15(7-5-14)23-10-2-3-19(23)24/h4-9,12H,2-3,10-11H2,1H3,(H,21,25). The number of amides is 2. The van der Waals surface area contributed by atoms with Crippen molar-refractivity contribution in [2.75, 3.05) is 11.4 Å². The van der Waals surface area contributed by atoms with Crippen LogP contribution in [0.15, 0.2) is 46.2 Å². The molecule has 1 aliphatic rings. The van der Waals surface area contributed by atoms with Gasteiger partial charge in [-0.15, -0.1) is 11.3 Å². The zero-order valence-electron chi connectivity index (χ0n) is 14.9. The number of carbonyl (C=O) groups is 2. The Morgan fingerprint density at radius 2 is 2.07 bits per heavy atom. The van der Waals surface area contributed by atoms with Crippen LogP contribution >= 0.6 is 11.3 Å². The quantitative estimate of drug-likeness (QED) is 0.730. The Morgan fingerprint density at radius 1 is 1.26 bits per heavy atom. The van der Waals surface area contributed by atoms with Crippen LogP contribution in [0.3, 0.4) is 0 Å². The average molecular weight is 381 g/mol. The molecule has 138 valence electrons. The summed E-state index contributed by atoms with van der Waals surface area (Å²) in [4.78, 5) is 30.3. The van der Waals surface area contributed by atoms with Crippen molar-refractivity contribution in [2.45, 2.75) is 26.3 Å². The molecule has 0 saturated carbocycles. The predicted octanol–water partition coefficient (Wildman–Crippen LogP) is 3.77. The summed E-state index contributed by atoms with van der Waals surface area (Å²) in [6.07, 6.45) is 1.47. The van der Waals surface area contributed by atoms with Crippen LogP contribution in [0.5, 0.6) is 0 Å². The Bertz CT molecular complexity index is 975. The van der Waals surface area contributed by atoms with E-state index in [1.165, 1.54) is 0 Å². The third-order valence-electron chi connectivity index (χ3n) is 4.47. The molecular formula is C20H19N3O3S. The number of hydrogen-bond donors (Lipinski definition) is 1. The van der Waals surface area contributed by atoms with E-state index in [2.05, 4.69) is 10.3 Å². The monoisotopic (exact) mass is 381 g/mol. The van der Waals surface area contributed by atoms with Crippen molar-refractivity contribution in [1.82, 2.24) is 10.3 Å². The molecule has 1 saturated heterocycles. The van der Waals surface area contributed by atoms with E-state index in [1.807, 2.05) is 36.6 Å². The zero-order chi connectivity index (χ0) is 18.8. The maximum absolute atomic E-state index is 12.4. The summed E-state index contributed by atoms with van der Waals surface area (Å²) in [6.45, 7) is 2.99. The largest absolute Gasteiger partial charge is 0.458 e. The van der Waals surface area contributed by atoms with Crippen molar-refractivity contribution in [3.8, 4) is 11.5 Å². The molecule has 0 bridgehead atoms. The Labute approximate surface area is 160 Å². The molecule has 0 spiro atoms. The van der Waals surface area contributed by atoms with Gasteiger partial charge in [0.25, 0.3) is 5.91 Å². The summed E-state index contributed by atoms with van der Waals surface area (Å²) >= 11 is 1.57. The predicted molar refractivity (Wildman–Crippen MR) is 104 cm³/mol. The first-order valence-corrected chi connectivity index (χ1v) is 9.68. The lowest BCUT2D eigenvalue weighted by atomic mass is 10.2. The maximum Gasteiger partial charge on any atom is 0.251 e. The number of thiazole rings is 1. The number of benzene rings is 1. The van der Waals surface area contributed by atoms with Gasteiger partial charge in [-0.1, -0.05) is 0 Å². The lowest BCUT2D eigenvalue weighted by Gasteiger charge is -2.15. The lowest BCUT2D eigenvalue weighted by Crippen LogP contribution is -2.24. The number of anilines is 1. The van der Waals surface area contributed by atoms with Crippen molar-refractivity contribution in [1.29, 1.82) is 0 Å². The first-order valence-electron chi connectivity index (χ1n) is 8.80. The molecule has 2 aromatic heterocycles. The van der Waals surface area contributed by atoms with Crippen molar-refractivity contribution in [3.63, 3.8) is 0 Å². The number of carbonyl (C=O) groups excluding carboxylic acids is 2. The summed E-state index contributed by atoms with van der Waals surface area (Å²) in [7, 11) is 0. The molecule has 3 heterocycles. The molecule has 0 atom stereocenters. The van der Waals surface area contributed by atoms with E-state index in [1.54, 1.807) is 28.4 Å². The van der Waals surface area contributed by atoms with E-state index in [4.69, 9.17) is 4.42 Å². The highest BCUT2D eigenvalue weighted by atomic mass is 32.1. The van der Waals surface area contributed by atoms with Gasteiger partial charge in [-0.3, -0.25) is 9.59 Å². The highest BCUT2D eigenvalue weighted by Gasteiger charge is 2.21. The molecular weight excluding hydrogens is 362 g/mol. The fourth-order valence-electron chi connectivity index (χ4n) is 3.07. The number of rotatable bonds is 5. The first kappa shape index (κ1) is 17.5. The van der Waals surface area contributed by atoms with E-state index in [0.717, 1.165) is 29.4 Å². The smallest absolute Gasteiger partial charge is 0.251 e. The Morgan fingerprint density at radius 3 is 2.74 bits per heavy atom. The van der Waals surface area contributed by atoms with Crippen molar-refractivity contribution >= 4 is 28.8 Å². The van der Waals surface area contributed by atoms with Crippen molar-refractivity contribution in [3.05, 3.63) is 58.1 Å². The van der Waals surface area contributed by atoms with Crippen molar-refractivity contribution < 1.29 is 14.0 Å². The normalized spacial score (nSPS) is 14.0. The van der Waals surface area contributed by atoms with Crippen LogP contribution in [-0.2, 0) is 11.3 Å². The average Bonchev–Trinajstić information content (AvgIpc) is 3.41. The molecule has 6 nitrogen and oxygen atoms in total. The van der Waals surface area contributed by atoms with Crippen LogP contribution in [0, 0.1) is 6.92 Å². The van der Waals surface area contributed by atoms with Gasteiger partial charge in [-0.2, -0.15) is 0 Å². The van der Waals surface area contributed by atoms with Crippen LogP contribution in [-0.4, -0.2) is 23.3 Å². The molecule has 7 heteroatoms. The summed E-state index contributed by atoms with van der Waals surface area (Å²) in [5.74, 6) is 1.32. The molecule has 27 heavy (non-hydrogen) atoms. The molecule has 0 aliphatic carbocycles. The summed E-state index contributed by atoms with van der Waals surface area (Å²) in [6, 6.07) is 10.8. The number of nitrogens with zero attached hydrogens (tertiary/aromatic N) is 2. The van der Waals surface area contributed by atoms with Gasteiger partial charge in [-0.05, 0) is 49.7 Å². The van der Waals surface area contributed by atoms with Gasteiger partial charge in [0.1, 0.15) is 11.5 Å². The lowest BCUT2D eigenvalue weighted by molar-refractivity contribution is -0.117. The fraction of sp³-hybridized carbons (Fsp3) is 0.250. The summed E-state index contributed by atoms with van der Waals surface area (Å²) < 4.78 is 5.75. The maximum atomic E-state index is 12.4. The molecule has 1 aliphatic heterocycles. The van der Waals surface area contributed by atoms with Gasteiger partial charge in [0.2, 0.25) is 5.91 Å². The highest BCUT2D eigenvalue weighted by molar-refractivity contribution is 7.09. The molecule has 4 rings (SSSR count). The Balaban J connectivity index is 1.37. The van der Waals surface area contributed by atoms with Gasteiger partial charge in [0, 0.05) is 29.6 Å². The SMILES string of the molecule is Cc1nc(-c2ccc(CNC(=O)c3ccc(N4CCCC4=O)cc3)o2)cs1. The van der Waals surface area contributed by atoms with E-state index in [-0.39, 0.29) is 11.8 Å². The molecule has 0 unspecified atom stereocenters. The van der Waals surface area contributed by atoms with E-state index >= 15 is 0 Å². The van der Waals surface area contributed by atoms with E-state index in [0.29, 0.717) is 30.0 Å². The van der Waals surface area contributed by atoms with Crippen molar-refractivity contribution in [2.24, 2.45) is 0 Å². The second kappa shape index (κ2) is 7.36. The number of aromatic nitrogens is 1. The highest BCUT2D eigenvalue weighted by Crippen LogP contribution is 2.24. The minimum Gasteiger partial charge on any atom is -0.458 e. The molecule has 1 fully saturated rings.